The first kappa shape index (κ1) is 16.1. The number of nitrogens with two attached hydrogens (primary N) is 1. The molecule has 1 aliphatic carbocycles. The number of benzene rings is 1. The summed E-state index contributed by atoms with van der Waals surface area (Å²) in [6, 6.07) is 5.98. The summed E-state index contributed by atoms with van der Waals surface area (Å²) in [4.78, 5) is 0.118. The van der Waals surface area contributed by atoms with Gasteiger partial charge in [0.05, 0.1) is 11.4 Å². The van der Waals surface area contributed by atoms with Crippen molar-refractivity contribution in [3.63, 3.8) is 0 Å². The zero-order chi connectivity index (χ0) is 15.5. The number of sulfonamides is 1. The van der Waals surface area contributed by atoms with Gasteiger partial charge in [-0.05, 0) is 31.0 Å². The minimum Gasteiger partial charge on any atom is -0.409 e. The van der Waals surface area contributed by atoms with Crippen LogP contribution in [0.5, 0.6) is 0 Å². The first-order valence-corrected chi connectivity index (χ1v) is 8.51. The van der Waals surface area contributed by atoms with Crippen molar-refractivity contribution in [2.45, 2.75) is 36.6 Å². The van der Waals surface area contributed by atoms with Crippen molar-refractivity contribution in [2.75, 3.05) is 6.54 Å². The molecule has 21 heavy (non-hydrogen) atoms. The number of amidine groups is 1. The highest BCUT2D eigenvalue weighted by Crippen LogP contribution is 2.29. The van der Waals surface area contributed by atoms with Gasteiger partial charge < -0.3 is 10.9 Å². The highest BCUT2D eigenvalue weighted by Gasteiger charge is 2.34. The van der Waals surface area contributed by atoms with E-state index in [1.54, 1.807) is 12.1 Å². The summed E-state index contributed by atoms with van der Waals surface area (Å²) in [6.07, 6.45) is 3.50. The molecule has 0 aliphatic heterocycles. The summed E-state index contributed by atoms with van der Waals surface area (Å²) in [5, 5.41) is 12.0. The summed E-state index contributed by atoms with van der Waals surface area (Å²) >= 11 is 5.88. The van der Waals surface area contributed by atoms with Gasteiger partial charge in [0.2, 0.25) is 10.0 Å². The highest BCUT2D eigenvalue weighted by atomic mass is 35.5. The second-order valence-electron chi connectivity index (χ2n) is 5.04. The minimum atomic E-state index is -3.74. The Labute approximate surface area is 129 Å². The van der Waals surface area contributed by atoms with Crippen LogP contribution in [-0.4, -0.2) is 36.4 Å². The first-order chi connectivity index (χ1) is 9.95. The average molecular weight is 332 g/mol. The summed E-state index contributed by atoms with van der Waals surface area (Å²) in [6.45, 7) is -0.129. The molecule has 0 heterocycles. The molecular formula is C13H18ClN3O3S. The smallest absolute Gasteiger partial charge is 0.243 e. The van der Waals surface area contributed by atoms with E-state index in [1.165, 1.54) is 16.4 Å². The summed E-state index contributed by atoms with van der Waals surface area (Å²) < 4.78 is 26.9. The second-order valence-corrected chi connectivity index (χ2v) is 7.36. The summed E-state index contributed by atoms with van der Waals surface area (Å²) in [7, 11) is -3.74. The standard InChI is InChI=1S/C13H18ClN3O3S/c14-10-4-3-7-12(8-10)21(19,20)17(9-13(15)16-18)11-5-1-2-6-11/h3-4,7-8,11,18H,1-2,5-6,9H2,(H2,15,16). The van der Waals surface area contributed by atoms with Crippen LogP contribution in [0.25, 0.3) is 0 Å². The molecule has 0 atom stereocenters. The topological polar surface area (TPSA) is 96.0 Å². The third-order valence-corrected chi connectivity index (χ3v) is 5.71. The van der Waals surface area contributed by atoms with Gasteiger partial charge in [0.25, 0.3) is 0 Å². The van der Waals surface area contributed by atoms with Gasteiger partial charge in [-0.1, -0.05) is 35.7 Å². The molecule has 0 radical (unpaired) electrons. The van der Waals surface area contributed by atoms with Gasteiger partial charge in [-0.2, -0.15) is 4.31 Å². The first-order valence-electron chi connectivity index (χ1n) is 6.69. The quantitative estimate of drug-likeness (QED) is 0.373. The third-order valence-electron chi connectivity index (χ3n) is 3.58. The van der Waals surface area contributed by atoms with Gasteiger partial charge in [-0.3, -0.25) is 0 Å². The van der Waals surface area contributed by atoms with Crippen LogP contribution in [0.2, 0.25) is 5.02 Å². The highest BCUT2D eigenvalue weighted by molar-refractivity contribution is 7.89. The molecule has 1 aliphatic rings. The van der Waals surface area contributed by atoms with Crippen LogP contribution >= 0.6 is 11.6 Å². The van der Waals surface area contributed by atoms with E-state index in [2.05, 4.69) is 5.16 Å². The fraction of sp³-hybridized carbons (Fsp3) is 0.462. The molecule has 1 saturated carbocycles. The molecule has 6 nitrogen and oxygen atoms in total. The zero-order valence-corrected chi connectivity index (χ0v) is 13.0. The van der Waals surface area contributed by atoms with Gasteiger partial charge in [0.15, 0.2) is 5.84 Å². The molecule has 1 aromatic rings. The Kier molecular flexibility index (Phi) is 5.08. The maximum atomic E-state index is 12.8. The molecular weight excluding hydrogens is 314 g/mol. The summed E-state index contributed by atoms with van der Waals surface area (Å²) in [5.41, 5.74) is 5.51. The fourth-order valence-corrected chi connectivity index (χ4v) is 4.51. The Balaban J connectivity index is 2.38. The number of halogens is 1. The molecule has 0 spiro atoms. The van der Waals surface area contributed by atoms with E-state index in [1.807, 2.05) is 0 Å². The molecule has 8 heteroatoms. The van der Waals surface area contributed by atoms with Crippen molar-refractivity contribution >= 4 is 27.5 Å². The predicted octanol–water partition coefficient (Wildman–Crippen LogP) is 2.02. The average Bonchev–Trinajstić information content (AvgIpc) is 2.98. The molecule has 0 aromatic heterocycles. The van der Waals surface area contributed by atoms with E-state index in [0.717, 1.165) is 25.7 Å². The number of hydrogen-bond acceptors (Lipinski definition) is 4. The monoisotopic (exact) mass is 331 g/mol. The predicted molar refractivity (Wildman–Crippen MR) is 81.0 cm³/mol. The maximum absolute atomic E-state index is 12.8. The Bertz CT molecular complexity index is 627. The summed E-state index contributed by atoms with van der Waals surface area (Å²) in [5.74, 6) is -0.132. The second kappa shape index (κ2) is 6.64. The molecule has 1 fully saturated rings. The van der Waals surface area contributed by atoms with Crippen molar-refractivity contribution in [2.24, 2.45) is 10.9 Å². The Hall–Kier alpha value is -1.31. The molecule has 3 N–H and O–H groups in total. The molecule has 0 unspecified atom stereocenters. The van der Waals surface area contributed by atoms with Crippen molar-refractivity contribution in [1.82, 2.24) is 4.31 Å². The molecule has 0 amide bonds. The molecule has 0 saturated heterocycles. The van der Waals surface area contributed by atoms with E-state index >= 15 is 0 Å². The van der Waals surface area contributed by atoms with E-state index in [4.69, 9.17) is 22.5 Å². The number of hydrogen-bond donors (Lipinski definition) is 2. The van der Waals surface area contributed by atoms with Crippen molar-refractivity contribution in [1.29, 1.82) is 0 Å². The Morgan fingerprint density at radius 1 is 1.43 bits per heavy atom. The lowest BCUT2D eigenvalue weighted by molar-refractivity contribution is 0.308. The molecule has 0 bridgehead atoms. The molecule has 116 valence electrons. The van der Waals surface area contributed by atoms with E-state index < -0.39 is 10.0 Å². The lowest BCUT2D eigenvalue weighted by Crippen LogP contribution is -2.44. The fourth-order valence-electron chi connectivity index (χ4n) is 2.56. The van der Waals surface area contributed by atoms with E-state index in [-0.39, 0.29) is 23.3 Å². The largest absolute Gasteiger partial charge is 0.409 e. The van der Waals surface area contributed by atoms with Crippen LogP contribution in [0.15, 0.2) is 34.3 Å². The van der Waals surface area contributed by atoms with Crippen molar-refractivity contribution in [3.8, 4) is 0 Å². The Morgan fingerprint density at radius 2 is 2.10 bits per heavy atom. The number of oxime groups is 1. The molecule has 1 aromatic carbocycles. The normalized spacial score (nSPS) is 17.5. The van der Waals surface area contributed by atoms with Gasteiger partial charge in [-0.15, -0.1) is 0 Å². The van der Waals surface area contributed by atoms with Gasteiger partial charge in [-0.25, -0.2) is 8.42 Å². The van der Waals surface area contributed by atoms with E-state index in [9.17, 15) is 8.42 Å². The molecule has 2 rings (SSSR count). The van der Waals surface area contributed by atoms with Crippen LogP contribution in [0.3, 0.4) is 0 Å². The maximum Gasteiger partial charge on any atom is 0.243 e. The van der Waals surface area contributed by atoms with Gasteiger partial charge in [0, 0.05) is 11.1 Å². The van der Waals surface area contributed by atoms with Gasteiger partial charge in [0.1, 0.15) is 0 Å². The van der Waals surface area contributed by atoms with Crippen LogP contribution in [0.1, 0.15) is 25.7 Å². The van der Waals surface area contributed by atoms with Crippen LogP contribution in [0.4, 0.5) is 0 Å². The lowest BCUT2D eigenvalue weighted by atomic mass is 10.2. The van der Waals surface area contributed by atoms with Gasteiger partial charge >= 0.3 is 0 Å². The van der Waals surface area contributed by atoms with E-state index in [0.29, 0.717) is 5.02 Å². The number of rotatable bonds is 5. The zero-order valence-electron chi connectivity index (χ0n) is 11.4. The van der Waals surface area contributed by atoms with Crippen LogP contribution in [-0.2, 0) is 10.0 Å². The number of nitrogens with zero attached hydrogens (tertiary/aromatic N) is 2. The van der Waals surface area contributed by atoms with Crippen molar-refractivity contribution < 1.29 is 13.6 Å². The lowest BCUT2D eigenvalue weighted by Gasteiger charge is -2.27. The van der Waals surface area contributed by atoms with Crippen molar-refractivity contribution in [3.05, 3.63) is 29.3 Å². The SMILES string of the molecule is NC(CN(C1CCCC1)S(=O)(=O)c1cccc(Cl)c1)=NO. The van der Waals surface area contributed by atoms with Crippen LogP contribution in [0, 0.1) is 0 Å². The van der Waals surface area contributed by atoms with Crippen LogP contribution < -0.4 is 5.73 Å². The third kappa shape index (κ3) is 3.66. The Morgan fingerprint density at radius 3 is 2.67 bits per heavy atom. The minimum absolute atomic E-state index is 0.118.